The van der Waals surface area contributed by atoms with E-state index in [1.165, 1.54) is 28.9 Å². The summed E-state index contributed by atoms with van der Waals surface area (Å²) >= 11 is 0. The van der Waals surface area contributed by atoms with Crippen molar-refractivity contribution < 1.29 is 26.0 Å². The van der Waals surface area contributed by atoms with Gasteiger partial charge < -0.3 is 0 Å². The summed E-state index contributed by atoms with van der Waals surface area (Å²) in [4.78, 5) is 0.0376. The van der Waals surface area contributed by atoms with Crippen LogP contribution in [-0.2, 0) is 9.84 Å². The molecule has 0 spiro atoms. The Morgan fingerprint density at radius 3 is 2.12 bits per heavy atom. The third-order valence-electron chi connectivity index (χ3n) is 4.88. The van der Waals surface area contributed by atoms with Crippen LogP contribution in [0.1, 0.15) is 12.1 Å². The van der Waals surface area contributed by atoms with E-state index in [2.05, 4.69) is 5.10 Å². The van der Waals surface area contributed by atoms with Crippen molar-refractivity contribution in [2.75, 3.05) is 6.26 Å². The zero-order valence-corrected chi connectivity index (χ0v) is 17.5. The zero-order chi connectivity index (χ0) is 23.0. The quantitative estimate of drug-likeness (QED) is 0.353. The van der Waals surface area contributed by atoms with E-state index in [9.17, 15) is 26.0 Å². The Bertz CT molecular complexity index is 1380. The van der Waals surface area contributed by atoms with Crippen molar-refractivity contribution in [2.24, 2.45) is 0 Å². The summed E-state index contributed by atoms with van der Waals surface area (Å²) in [6, 6.07) is 16.6. The van der Waals surface area contributed by atoms with Crippen molar-refractivity contribution in [1.82, 2.24) is 9.78 Å². The Labute approximate surface area is 181 Å². The maximum Gasteiger partial charge on any atom is 0.282 e. The molecule has 9 heteroatoms. The molecule has 0 fully saturated rings. The van der Waals surface area contributed by atoms with E-state index in [1.54, 1.807) is 30.3 Å². The number of aromatic nitrogens is 2. The van der Waals surface area contributed by atoms with Crippen LogP contribution >= 0.6 is 0 Å². The van der Waals surface area contributed by atoms with E-state index in [0.717, 1.165) is 18.4 Å². The zero-order valence-electron chi connectivity index (χ0n) is 16.6. The van der Waals surface area contributed by atoms with Gasteiger partial charge in [-0.25, -0.2) is 30.7 Å². The fourth-order valence-electron chi connectivity index (χ4n) is 3.43. The van der Waals surface area contributed by atoms with Gasteiger partial charge >= 0.3 is 0 Å². The molecule has 0 saturated carbocycles. The number of hydrogen-bond donors (Lipinski definition) is 0. The summed E-state index contributed by atoms with van der Waals surface area (Å²) in [5.41, 5.74) is -0.233. The number of sulfone groups is 1. The van der Waals surface area contributed by atoms with Crippen LogP contribution in [0, 0.1) is 11.6 Å². The minimum atomic E-state index is -3.49. The van der Waals surface area contributed by atoms with Crippen LogP contribution in [0.2, 0.25) is 0 Å². The number of alkyl halides is 2. The minimum absolute atomic E-state index is 0.0376. The predicted octanol–water partition coefficient (Wildman–Crippen LogP) is 5.83. The third kappa shape index (κ3) is 4.03. The first-order valence-corrected chi connectivity index (χ1v) is 11.3. The lowest BCUT2D eigenvalue weighted by Crippen LogP contribution is -2.01. The second kappa shape index (κ2) is 8.23. The van der Waals surface area contributed by atoms with E-state index in [-0.39, 0.29) is 21.7 Å². The number of benzene rings is 3. The molecule has 4 rings (SSSR count). The summed E-state index contributed by atoms with van der Waals surface area (Å²) in [5, 5.41) is 4.06. The third-order valence-corrected chi connectivity index (χ3v) is 6.00. The Kier molecular flexibility index (Phi) is 5.60. The maximum absolute atomic E-state index is 14.7. The van der Waals surface area contributed by atoms with Gasteiger partial charge in [0, 0.05) is 29.0 Å². The molecule has 0 aliphatic carbocycles. The fraction of sp³-hybridized carbons (Fsp3) is 0.0870. The molecule has 0 N–H and O–H groups in total. The Hall–Kier alpha value is -3.46. The van der Waals surface area contributed by atoms with Gasteiger partial charge in [-0.2, -0.15) is 5.10 Å². The van der Waals surface area contributed by atoms with Crippen molar-refractivity contribution in [3.05, 3.63) is 90.1 Å². The highest BCUT2D eigenvalue weighted by atomic mass is 32.2. The molecule has 1 aromatic heterocycles. The van der Waals surface area contributed by atoms with Gasteiger partial charge in [-0.15, -0.1) is 0 Å². The molecule has 32 heavy (non-hydrogen) atoms. The van der Waals surface area contributed by atoms with E-state index >= 15 is 0 Å². The molecule has 3 aromatic carbocycles. The molecule has 164 valence electrons. The summed E-state index contributed by atoms with van der Waals surface area (Å²) < 4.78 is 81.1. The topological polar surface area (TPSA) is 52.0 Å². The molecule has 0 atom stereocenters. The SMILES string of the molecule is CS(=O)(=O)c1ccc(-c2c(-c3ccc(F)cc3F)c(C(F)F)nn2-c2ccccc2)cc1. The van der Waals surface area contributed by atoms with Crippen LogP contribution in [0.25, 0.3) is 28.1 Å². The Balaban J connectivity index is 2.07. The number of para-hydroxylation sites is 1. The van der Waals surface area contributed by atoms with Gasteiger partial charge in [-0.05, 0) is 36.4 Å². The highest BCUT2D eigenvalue weighted by molar-refractivity contribution is 7.90. The van der Waals surface area contributed by atoms with Crippen LogP contribution in [0.15, 0.2) is 77.7 Å². The number of rotatable bonds is 5. The highest BCUT2D eigenvalue weighted by Crippen LogP contribution is 2.41. The molecular formula is C23H16F4N2O2S. The van der Waals surface area contributed by atoms with Crippen LogP contribution in [0.4, 0.5) is 17.6 Å². The average Bonchev–Trinajstić information content (AvgIpc) is 3.14. The van der Waals surface area contributed by atoms with Gasteiger partial charge in [0.1, 0.15) is 17.3 Å². The predicted molar refractivity (Wildman–Crippen MR) is 112 cm³/mol. The van der Waals surface area contributed by atoms with E-state index in [4.69, 9.17) is 0 Å². The van der Waals surface area contributed by atoms with Gasteiger partial charge in [0.2, 0.25) is 0 Å². The molecule has 0 amide bonds. The molecule has 0 aliphatic rings. The van der Waals surface area contributed by atoms with Gasteiger partial charge in [-0.3, -0.25) is 0 Å². The van der Waals surface area contributed by atoms with Crippen molar-refractivity contribution in [2.45, 2.75) is 11.3 Å². The number of halogens is 4. The largest absolute Gasteiger partial charge is 0.282 e. The molecule has 4 aromatic rings. The van der Waals surface area contributed by atoms with Crippen molar-refractivity contribution in [3.63, 3.8) is 0 Å². The molecule has 0 bridgehead atoms. The van der Waals surface area contributed by atoms with Crippen LogP contribution in [0.3, 0.4) is 0 Å². The standard InChI is InChI=1S/C23H16F4N2O2S/c1-32(30,31)17-10-7-14(8-11-17)22-20(18-12-9-15(24)13-19(18)25)21(23(26)27)28-29(22)16-5-3-2-4-6-16/h2-13,23H,1H3. The van der Waals surface area contributed by atoms with Gasteiger partial charge in [-0.1, -0.05) is 30.3 Å². The average molecular weight is 460 g/mol. The molecule has 0 aliphatic heterocycles. The first-order chi connectivity index (χ1) is 15.2. The number of hydrogen-bond acceptors (Lipinski definition) is 3. The minimum Gasteiger partial charge on any atom is -0.232 e. The van der Waals surface area contributed by atoms with Gasteiger partial charge in [0.15, 0.2) is 9.84 Å². The summed E-state index contributed by atoms with van der Waals surface area (Å²) in [6.45, 7) is 0. The molecule has 0 radical (unpaired) electrons. The molecular weight excluding hydrogens is 444 g/mol. The van der Waals surface area contributed by atoms with E-state index in [1.807, 2.05) is 0 Å². The normalized spacial score (nSPS) is 11.8. The van der Waals surface area contributed by atoms with Crippen LogP contribution in [-0.4, -0.2) is 24.5 Å². The maximum atomic E-state index is 14.7. The molecule has 4 nitrogen and oxygen atoms in total. The first-order valence-electron chi connectivity index (χ1n) is 9.39. The summed E-state index contributed by atoms with van der Waals surface area (Å²) in [5.74, 6) is -1.87. The summed E-state index contributed by atoms with van der Waals surface area (Å²) in [7, 11) is -3.49. The van der Waals surface area contributed by atoms with Crippen LogP contribution < -0.4 is 0 Å². The number of nitrogens with zero attached hydrogens (tertiary/aromatic N) is 2. The lowest BCUT2D eigenvalue weighted by Gasteiger charge is -2.12. The molecule has 1 heterocycles. The fourth-order valence-corrected chi connectivity index (χ4v) is 4.06. The molecule has 0 saturated heterocycles. The molecule has 0 unspecified atom stereocenters. The summed E-state index contributed by atoms with van der Waals surface area (Å²) in [6.07, 6.45) is -2.00. The van der Waals surface area contributed by atoms with Crippen LogP contribution in [0.5, 0.6) is 0 Å². The van der Waals surface area contributed by atoms with E-state index < -0.39 is 33.6 Å². The Morgan fingerprint density at radius 1 is 0.906 bits per heavy atom. The van der Waals surface area contributed by atoms with Crippen molar-refractivity contribution in [3.8, 4) is 28.1 Å². The lowest BCUT2D eigenvalue weighted by molar-refractivity contribution is 0.146. The van der Waals surface area contributed by atoms with Crippen molar-refractivity contribution >= 4 is 9.84 Å². The van der Waals surface area contributed by atoms with Gasteiger partial charge in [0.25, 0.3) is 6.43 Å². The first kappa shape index (κ1) is 21.8. The lowest BCUT2D eigenvalue weighted by atomic mass is 9.98. The monoisotopic (exact) mass is 460 g/mol. The van der Waals surface area contributed by atoms with Gasteiger partial charge in [0.05, 0.1) is 16.3 Å². The highest BCUT2D eigenvalue weighted by Gasteiger charge is 2.28. The smallest absolute Gasteiger partial charge is 0.232 e. The Morgan fingerprint density at radius 2 is 1.56 bits per heavy atom. The second-order valence-electron chi connectivity index (χ2n) is 7.08. The van der Waals surface area contributed by atoms with Crippen molar-refractivity contribution in [1.29, 1.82) is 0 Å². The second-order valence-corrected chi connectivity index (χ2v) is 9.09. The van der Waals surface area contributed by atoms with E-state index in [0.29, 0.717) is 17.3 Å².